The van der Waals surface area contributed by atoms with Gasteiger partial charge in [-0.05, 0) is 114 Å². The largest absolute Gasteiger partial charge is 0.446 e. The molecule has 2 heterocycles. The molecule has 0 amide bonds. The number of allylic oxidation sites excluding steroid dienone is 1. The van der Waals surface area contributed by atoms with E-state index < -0.39 is 0 Å². The van der Waals surface area contributed by atoms with E-state index in [2.05, 4.69) is 42.2 Å². The first-order valence-electron chi connectivity index (χ1n) is 12.1. The van der Waals surface area contributed by atoms with Gasteiger partial charge in [0, 0.05) is 18.8 Å². The molecule has 5 rings (SSSR count). The molecule has 30 heavy (non-hydrogen) atoms. The molecule has 0 radical (unpaired) electrons. The van der Waals surface area contributed by atoms with Crippen LogP contribution in [0.3, 0.4) is 0 Å². The maximum Gasteiger partial charge on any atom is 0.418 e. The van der Waals surface area contributed by atoms with Crippen LogP contribution in [0.25, 0.3) is 6.08 Å². The summed E-state index contributed by atoms with van der Waals surface area (Å²) in [6.45, 7) is 3.52. The number of nitrogens with zero attached hydrogens (tertiary/aromatic N) is 3. The quantitative estimate of drug-likeness (QED) is 0.728. The molecule has 1 aromatic rings. The molecular formula is C25H37N3O2. The van der Waals surface area contributed by atoms with Crippen molar-refractivity contribution in [2.45, 2.75) is 69.9 Å². The molecule has 0 bridgehead atoms. The number of aromatic nitrogens is 1. The van der Waals surface area contributed by atoms with Crippen molar-refractivity contribution < 1.29 is 9.53 Å². The van der Waals surface area contributed by atoms with Gasteiger partial charge in [0.2, 0.25) is 0 Å². The summed E-state index contributed by atoms with van der Waals surface area (Å²) < 4.78 is 7.85. The van der Waals surface area contributed by atoms with Crippen LogP contribution in [0.2, 0.25) is 0 Å². The maximum absolute atomic E-state index is 13.2. The maximum atomic E-state index is 13.2. The van der Waals surface area contributed by atoms with Crippen LogP contribution in [0, 0.1) is 11.8 Å². The fourth-order valence-corrected chi connectivity index (χ4v) is 5.79. The van der Waals surface area contributed by atoms with Crippen LogP contribution in [-0.2, 0) is 17.6 Å². The molecule has 4 aliphatic rings. The minimum Gasteiger partial charge on any atom is -0.446 e. The Bertz CT molecular complexity index is 798. The van der Waals surface area contributed by atoms with Gasteiger partial charge >= 0.3 is 6.09 Å². The highest BCUT2D eigenvalue weighted by Crippen LogP contribution is 2.46. The second kappa shape index (κ2) is 8.51. The molecule has 1 aliphatic heterocycles. The fourth-order valence-electron chi connectivity index (χ4n) is 5.79. The molecule has 2 saturated carbocycles. The highest BCUT2D eigenvalue weighted by atomic mass is 16.6. The molecule has 164 valence electrons. The lowest BCUT2D eigenvalue weighted by Crippen LogP contribution is -2.38. The van der Waals surface area contributed by atoms with Gasteiger partial charge in [0.25, 0.3) is 0 Å². The van der Waals surface area contributed by atoms with E-state index in [0.29, 0.717) is 12.0 Å². The summed E-state index contributed by atoms with van der Waals surface area (Å²) in [6.07, 6.45) is 16.9. The molecular weight excluding hydrogens is 374 g/mol. The lowest BCUT2D eigenvalue weighted by atomic mass is 9.92. The van der Waals surface area contributed by atoms with Crippen molar-refractivity contribution in [2.24, 2.45) is 11.8 Å². The van der Waals surface area contributed by atoms with Crippen LogP contribution in [0.4, 0.5) is 4.79 Å². The lowest BCUT2D eigenvalue weighted by molar-refractivity contribution is 0.0534. The van der Waals surface area contributed by atoms with E-state index in [1.807, 2.05) is 4.57 Å². The minimum absolute atomic E-state index is 0.0720. The Kier molecular flexibility index (Phi) is 5.76. The Hall–Kier alpha value is -1.59. The minimum atomic E-state index is -0.174. The third-order valence-corrected chi connectivity index (χ3v) is 7.78. The van der Waals surface area contributed by atoms with Gasteiger partial charge in [-0.15, -0.1) is 0 Å². The Balaban J connectivity index is 1.26. The zero-order valence-corrected chi connectivity index (χ0v) is 18.7. The number of carbonyl (C=O) groups is 1. The monoisotopic (exact) mass is 411 g/mol. The van der Waals surface area contributed by atoms with Crippen molar-refractivity contribution in [3.05, 3.63) is 29.1 Å². The van der Waals surface area contributed by atoms with Crippen LogP contribution in [0.1, 0.15) is 61.8 Å². The second-order valence-corrected chi connectivity index (χ2v) is 10.2. The SMILES string of the molecule is CN(C)CCc1cn(C(=O)OC2CCC(N3CCCC3)CC2)c2c1CC1CC1C=C2. The van der Waals surface area contributed by atoms with E-state index >= 15 is 0 Å². The first-order chi connectivity index (χ1) is 14.6. The summed E-state index contributed by atoms with van der Waals surface area (Å²) in [4.78, 5) is 18.0. The van der Waals surface area contributed by atoms with Crippen molar-refractivity contribution in [3.8, 4) is 0 Å². The summed E-state index contributed by atoms with van der Waals surface area (Å²) in [6, 6.07) is 0.706. The van der Waals surface area contributed by atoms with Gasteiger partial charge in [-0.3, -0.25) is 4.57 Å². The third-order valence-electron chi connectivity index (χ3n) is 7.78. The highest BCUT2D eigenvalue weighted by molar-refractivity contribution is 5.77. The molecule has 0 aromatic carbocycles. The van der Waals surface area contributed by atoms with Crippen LogP contribution in [0.15, 0.2) is 12.3 Å². The average molecular weight is 412 g/mol. The van der Waals surface area contributed by atoms with Crippen LogP contribution < -0.4 is 0 Å². The summed E-state index contributed by atoms with van der Waals surface area (Å²) in [7, 11) is 4.22. The number of rotatable bonds is 5. The first kappa shape index (κ1) is 20.3. The molecule has 0 spiro atoms. The third kappa shape index (κ3) is 4.24. The number of hydrogen-bond donors (Lipinski definition) is 0. The van der Waals surface area contributed by atoms with Crippen LogP contribution in [-0.4, -0.2) is 66.3 Å². The van der Waals surface area contributed by atoms with Gasteiger partial charge in [0.1, 0.15) is 6.10 Å². The second-order valence-electron chi connectivity index (χ2n) is 10.2. The predicted octanol–water partition coefficient (Wildman–Crippen LogP) is 4.19. The zero-order chi connectivity index (χ0) is 20.7. The Morgan fingerprint density at radius 2 is 1.93 bits per heavy atom. The number of ether oxygens (including phenoxy) is 1. The van der Waals surface area contributed by atoms with Gasteiger partial charge in [-0.25, -0.2) is 4.79 Å². The molecule has 3 fully saturated rings. The highest BCUT2D eigenvalue weighted by Gasteiger charge is 2.38. The number of hydrogen-bond acceptors (Lipinski definition) is 4. The molecule has 2 unspecified atom stereocenters. The van der Waals surface area contributed by atoms with Crippen molar-refractivity contribution in [3.63, 3.8) is 0 Å². The van der Waals surface area contributed by atoms with Gasteiger partial charge in [-0.1, -0.05) is 6.08 Å². The van der Waals surface area contributed by atoms with Crippen molar-refractivity contribution in [2.75, 3.05) is 33.7 Å². The van der Waals surface area contributed by atoms with Crippen molar-refractivity contribution >= 4 is 12.2 Å². The van der Waals surface area contributed by atoms with E-state index in [1.54, 1.807) is 0 Å². The Morgan fingerprint density at radius 1 is 1.17 bits per heavy atom. The number of likely N-dealkylation sites (tertiary alicyclic amines) is 1. The van der Waals surface area contributed by atoms with Crippen LogP contribution >= 0.6 is 0 Å². The lowest BCUT2D eigenvalue weighted by Gasteiger charge is -2.34. The molecule has 1 aromatic heterocycles. The summed E-state index contributed by atoms with van der Waals surface area (Å²) in [5.74, 6) is 1.48. The summed E-state index contributed by atoms with van der Waals surface area (Å²) in [5.41, 5.74) is 3.78. The molecule has 3 aliphatic carbocycles. The Labute approximate surface area is 181 Å². The van der Waals surface area contributed by atoms with Crippen LogP contribution in [0.5, 0.6) is 0 Å². The van der Waals surface area contributed by atoms with E-state index in [4.69, 9.17) is 4.74 Å². The molecule has 5 nitrogen and oxygen atoms in total. The number of fused-ring (bicyclic) bond motifs is 2. The molecule has 5 heteroatoms. The summed E-state index contributed by atoms with van der Waals surface area (Å²) >= 11 is 0. The van der Waals surface area contributed by atoms with Gasteiger partial charge in [0.05, 0.1) is 5.69 Å². The first-order valence-corrected chi connectivity index (χ1v) is 12.1. The van der Waals surface area contributed by atoms with Crippen molar-refractivity contribution in [1.82, 2.24) is 14.4 Å². The standard InChI is InChI=1S/C25H37N3O2/c1-26(2)14-11-19-17-28(24-10-5-18-15-20(18)16-23(19)24)25(29)30-22-8-6-21(7-9-22)27-12-3-4-13-27/h5,10,17-18,20-22H,3-4,6-9,11-16H2,1-2H3. The molecule has 2 atom stereocenters. The fraction of sp³-hybridized carbons (Fsp3) is 0.720. The topological polar surface area (TPSA) is 37.7 Å². The van der Waals surface area contributed by atoms with Gasteiger partial charge in [0.15, 0.2) is 0 Å². The van der Waals surface area contributed by atoms with E-state index in [1.165, 1.54) is 56.3 Å². The molecule has 1 saturated heterocycles. The number of carbonyl (C=O) groups excluding carboxylic acids is 1. The predicted molar refractivity (Wildman–Crippen MR) is 120 cm³/mol. The van der Waals surface area contributed by atoms with Crippen molar-refractivity contribution in [1.29, 1.82) is 0 Å². The average Bonchev–Trinajstić information content (AvgIpc) is 3.13. The number of likely N-dealkylation sites (N-methyl/N-ethyl adjacent to an activating group) is 1. The normalized spacial score (nSPS) is 30.8. The van der Waals surface area contributed by atoms with Gasteiger partial charge in [-0.2, -0.15) is 0 Å². The Morgan fingerprint density at radius 3 is 2.67 bits per heavy atom. The summed E-state index contributed by atoms with van der Waals surface area (Å²) in [5, 5.41) is 0. The van der Waals surface area contributed by atoms with E-state index in [0.717, 1.165) is 43.8 Å². The van der Waals surface area contributed by atoms with E-state index in [-0.39, 0.29) is 12.2 Å². The van der Waals surface area contributed by atoms with Gasteiger partial charge < -0.3 is 14.5 Å². The molecule has 0 N–H and O–H groups in total. The van der Waals surface area contributed by atoms with E-state index in [9.17, 15) is 4.79 Å². The smallest absolute Gasteiger partial charge is 0.418 e. The zero-order valence-electron chi connectivity index (χ0n) is 18.7.